The van der Waals surface area contributed by atoms with E-state index in [1.807, 2.05) is 12.4 Å². The van der Waals surface area contributed by atoms with Crippen molar-refractivity contribution < 1.29 is 4.74 Å². The molecular formula is C15H19N3O. The van der Waals surface area contributed by atoms with E-state index in [9.17, 15) is 0 Å². The van der Waals surface area contributed by atoms with E-state index in [2.05, 4.69) is 47.6 Å². The summed E-state index contributed by atoms with van der Waals surface area (Å²) in [7, 11) is 0. The number of hydrogen-bond acceptors (Lipinski definition) is 3. The van der Waals surface area contributed by atoms with Gasteiger partial charge in [-0.1, -0.05) is 18.2 Å². The first-order valence-corrected chi connectivity index (χ1v) is 6.62. The predicted molar refractivity (Wildman–Crippen MR) is 74.0 cm³/mol. The highest BCUT2D eigenvalue weighted by molar-refractivity contribution is 5.45. The van der Waals surface area contributed by atoms with Crippen LogP contribution < -0.4 is 10.1 Å². The molecule has 1 aromatic heterocycles. The second-order valence-corrected chi connectivity index (χ2v) is 5.65. The monoisotopic (exact) mass is 257 g/mol. The van der Waals surface area contributed by atoms with Crippen LogP contribution in [0.5, 0.6) is 5.75 Å². The molecule has 0 unspecified atom stereocenters. The van der Waals surface area contributed by atoms with Crippen LogP contribution in [0.1, 0.15) is 30.5 Å². The lowest BCUT2D eigenvalue weighted by Gasteiger charge is -2.18. The van der Waals surface area contributed by atoms with Gasteiger partial charge < -0.3 is 10.1 Å². The number of rotatable bonds is 4. The van der Waals surface area contributed by atoms with Gasteiger partial charge in [-0.3, -0.25) is 5.10 Å². The lowest BCUT2D eigenvalue weighted by molar-refractivity contribution is 0.137. The van der Waals surface area contributed by atoms with Crippen LogP contribution in [0.25, 0.3) is 0 Å². The molecule has 19 heavy (non-hydrogen) atoms. The van der Waals surface area contributed by atoms with Gasteiger partial charge in [0.05, 0.1) is 6.20 Å². The van der Waals surface area contributed by atoms with E-state index in [0.29, 0.717) is 0 Å². The topological polar surface area (TPSA) is 49.9 Å². The Kier molecular flexibility index (Phi) is 3.03. The smallest absolute Gasteiger partial charge is 0.127 e. The van der Waals surface area contributed by atoms with E-state index >= 15 is 0 Å². The summed E-state index contributed by atoms with van der Waals surface area (Å²) in [5, 5.41) is 10.2. The van der Waals surface area contributed by atoms with Gasteiger partial charge in [-0.2, -0.15) is 5.10 Å². The first-order valence-electron chi connectivity index (χ1n) is 6.62. The van der Waals surface area contributed by atoms with E-state index < -0.39 is 0 Å². The number of H-pyrrole nitrogens is 1. The maximum atomic E-state index is 6.05. The highest BCUT2D eigenvalue weighted by Crippen LogP contribution is 2.37. The molecule has 0 saturated heterocycles. The fraction of sp³-hybridized carbons (Fsp3) is 0.400. The Morgan fingerprint density at radius 2 is 2.26 bits per heavy atom. The van der Waals surface area contributed by atoms with E-state index in [-0.39, 0.29) is 5.60 Å². The zero-order chi connectivity index (χ0) is 13.3. The van der Waals surface area contributed by atoms with Crippen molar-refractivity contribution in [2.75, 3.05) is 0 Å². The minimum atomic E-state index is -0.0804. The zero-order valence-corrected chi connectivity index (χ0v) is 11.4. The zero-order valence-electron chi connectivity index (χ0n) is 11.4. The molecule has 2 aromatic rings. The number of benzene rings is 1. The van der Waals surface area contributed by atoms with Gasteiger partial charge >= 0.3 is 0 Å². The van der Waals surface area contributed by atoms with Gasteiger partial charge in [0.25, 0.3) is 0 Å². The number of para-hydroxylation sites is 1. The maximum absolute atomic E-state index is 6.05. The Balaban J connectivity index is 1.68. The minimum absolute atomic E-state index is 0.0804. The third-order valence-electron chi connectivity index (χ3n) is 3.37. The van der Waals surface area contributed by atoms with Crippen LogP contribution in [0, 0.1) is 0 Å². The lowest BCUT2D eigenvalue weighted by atomic mass is 10.0. The average molecular weight is 257 g/mol. The molecule has 1 aromatic carbocycles. The second kappa shape index (κ2) is 4.70. The molecular weight excluding hydrogens is 238 g/mol. The maximum Gasteiger partial charge on any atom is 0.127 e. The molecule has 0 fully saturated rings. The summed E-state index contributed by atoms with van der Waals surface area (Å²) < 4.78 is 6.05. The van der Waals surface area contributed by atoms with Gasteiger partial charge in [0, 0.05) is 36.8 Å². The molecule has 100 valence electrons. The van der Waals surface area contributed by atoms with Crippen molar-refractivity contribution in [3.05, 3.63) is 47.3 Å². The van der Waals surface area contributed by atoms with Gasteiger partial charge in [0.15, 0.2) is 0 Å². The highest BCUT2D eigenvalue weighted by Gasteiger charge is 2.31. The number of nitrogens with one attached hydrogen (secondary N) is 2. The highest BCUT2D eigenvalue weighted by atomic mass is 16.5. The molecule has 0 saturated carbocycles. The Labute approximate surface area is 113 Å². The first-order chi connectivity index (χ1) is 9.14. The summed E-state index contributed by atoms with van der Waals surface area (Å²) in [5.41, 5.74) is 3.62. The van der Waals surface area contributed by atoms with Crippen molar-refractivity contribution in [1.29, 1.82) is 0 Å². The van der Waals surface area contributed by atoms with Gasteiger partial charge in [-0.15, -0.1) is 0 Å². The third-order valence-corrected chi connectivity index (χ3v) is 3.37. The largest absolute Gasteiger partial charge is 0.487 e. The molecule has 0 bridgehead atoms. The fourth-order valence-electron chi connectivity index (χ4n) is 2.53. The van der Waals surface area contributed by atoms with E-state index in [0.717, 1.165) is 30.8 Å². The van der Waals surface area contributed by atoms with Crippen molar-refractivity contribution in [2.45, 2.75) is 39.0 Å². The normalized spacial score (nSPS) is 16.1. The molecule has 0 spiro atoms. The Bertz CT molecular complexity index is 561. The molecule has 3 rings (SSSR count). The Morgan fingerprint density at radius 3 is 3.05 bits per heavy atom. The molecule has 0 amide bonds. The number of ether oxygens (including phenoxy) is 1. The summed E-state index contributed by atoms with van der Waals surface area (Å²) in [4.78, 5) is 0. The van der Waals surface area contributed by atoms with E-state index in [1.54, 1.807) is 0 Å². The molecule has 0 atom stereocenters. The molecule has 4 heteroatoms. The van der Waals surface area contributed by atoms with Crippen LogP contribution in [0.15, 0.2) is 30.6 Å². The van der Waals surface area contributed by atoms with Crippen LogP contribution in [0.2, 0.25) is 0 Å². The van der Waals surface area contributed by atoms with Gasteiger partial charge in [-0.25, -0.2) is 0 Å². The standard InChI is InChI=1S/C15H19N3O/c1-15(2)6-12-4-3-5-13(14(12)19-15)10-16-7-11-8-17-18-9-11/h3-5,8-9,16H,6-7,10H2,1-2H3,(H,17,18). The second-order valence-electron chi connectivity index (χ2n) is 5.65. The van der Waals surface area contributed by atoms with Crippen molar-refractivity contribution >= 4 is 0 Å². The number of aromatic amines is 1. The molecule has 2 heterocycles. The quantitative estimate of drug-likeness (QED) is 0.884. The molecule has 0 radical (unpaired) electrons. The SMILES string of the molecule is CC1(C)Cc2cccc(CNCc3cn[nH]c3)c2O1. The Morgan fingerprint density at radius 1 is 1.37 bits per heavy atom. The van der Waals surface area contributed by atoms with Crippen LogP contribution in [-0.2, 0) is 19.5 Å². The van der Waals surface area contributed by atoms with Crippen LogP contribution in [-0.4, -0.2) is 15.8 Å². The van der Waals surface area contributed by atoms with Crippen molar-refractivity contribution in [3.8, 4) is 5.75 Å². The summed E-state index contributed by atoms with van der Waals surface area (Å²) in [6.07, 6.45) is 4.72. The lowest BCUT2D eigenvalue weighted by Crippen LogP contribution is -2.25. The molecule has 1 aliphatic heterocycles. The third kappa shape index (κ3) is 2.63. The molecule has 0 aliphatic carbocycles. The Hall–Kier alpha value is -1.81. The summed E-state index contributed by atoms with van der Waals surface area (Å²) in [6, 6.07) is 6.39. The van der Waals surface area contributed by atoms with Crippen molar-refractivity contribution in [1.82, 2.24) is 15.5 Å². The van der Waals surface area contributed by atoms with Crippen LogP contribution in [0.4, 0.5) is 0 Å². The number of aromatic nitrogens is 2. The van der Waals surface area contributed by atoms with Gasteiger partial charge in [-0.05, 0) is 19.4 Å². The van der Waals surface area contributed by atoms with E-state index in [1.165, 1.54) is 11.1 Å². The minimum Gasteiger partial charge on any atom is -0.487 e. The molecule has 4 nitrogen and oxygen atoms in total. The van der Waals surface area contributed by atoms with Crippen molar-refractivity contribution in [3.63, 3.8) is 0 Å². The van der Waals surface area contributed by atoms with E-state index in [4.69, 9.17) is 4.74 Å². The average Bonchev–Trinajstić information content (AvgIpc) is 2.95. The summed E-state index contributed by atoms with van der Waals surface area (Å²) in [5.74, 6) is 1.06. The molecule has 2 N–H and O–H groups in total. The summed E-state index contributed by atoms with van der Waals surface area (Å²) in [6.45, 7) is 5.89. The van der Waals surface area contributed by atoms with Crippen molar-refractivity contribution in [2.24, 2.45) is 0 Å². The first kappa shape index (κ1) is 12.2. The van der Waals surface area contributed by atoms with Crippen LogP contribution in [0.3, 0.4) is 0 Å². The van der Waals surface area contributed by atoms with Gasteiger partial charge in [0.1, 0.15) is 11.4 Å². The fourth-order valence-corrected chi connectivity index (χ4v) is 2.53. The summed E-state index contributed by atoms with van der Waals surface area (Å²) >= 11 is 0. The van der Waals surface area contributed by atoms with Crippen LogP contribution >= 0.6 is 0 Å². The number of hydrogen-bond donors (Lipinski definition) is 2. The predicted octanol–water partition coefficient (Wildman–Crippen LogP) is 2.41. The number of nitrogens with zero attached hydrogens (tertiary/aromatic N) is 1. The number of fused-ring (bicyclic) bond motifs is 1. The van der Waals surface area contributed by atoms with Gasteiger partial charge in [0.2, 0.25) is 0 Å². The molecule has 1 aliphatic rings.